The van der Waals surface area contributed by atoms with E-state index in [-0.39, 0.29) is 11.8 Å². The van der Waals surface area contributed by atoms with E-state index in [9.17, 15) is 4.79 Å². The second-order valence-corrected chi connectivity index (χ2v) is 7.79. The van der Waals surface area contributed by atoms with E-state index in [4.69, 9.17) is 4.98 Å². The zero-order chi connectivity index (χ0) is 18.9. The summed E-state index contributed by atoms with van der Waals surface area (Å²) in [6, 6.07) is 8.05. The van der Waals surface area contributed by atoms with Crippen LogP contribution in [-0.2, 0) is 11.3 Å². The van der Waals surface area contributed by atoms with Gasteiger partial charge < -0.3 is 5.32 Å². The average Bonchev–Trinajstić information content (AvgIpc) is 3.45. The minimum absolute atomic E-state index is 0.0572. The van der Waals surface area contributed by atoms with E-state index in [1.165, 1.54) is 31.5 Å². The summed E-state index contributed by atoms with van der Waals surface area (Å²) in [6.45, 7) is 3.28. The number of nitrogens with one attached hydrogen (secondary N) is 1. The smallest absolute Gasteiger partial charge is 0.228 e. The molecular weight excluding hydrogens is 350 g/mol. The molecule has 28 heavy (non-hydrogen) atoms. The fraction of sp³-hybridized carbons (Fsp3) is 0.364. The molecule has 0 bridgehead atoms. The maximum Gasteiger partial charge on any atom is 0.228 e. The van der Waals surface area contributed by atoms with Crippen molar-refractivity contribution in [3.8, 4) is 11.3 Å². The molecule has 3 aromatic heterocycles. The third kappa shape index (κ3) is 3.73. The Labute approximate surface area is 164 Å². The topological polar surface area (TPSA) is 71.0 Å². The van der Waals surface area contributed by atoms with Crippen LogP contribution in [0.5, 0.6) is 0 Å². The van der Waals surface area contributed by atoms with Gasteiger partial charge in [0.25, 0.3) is 0 Å². The Bertz CT molecular complexity index is 1020. The summed E-state index contributed by atoms with van der Waals surface area (Å²) in [5.74, 6) is 0.776. The van der Waals surface area contributed by atoms with E-state index >= 15 is 0 Å². The molecule has 0 unspecified atom stereocenters. The number of amides is 1. The largest absolute Gasteiger partial charge is 0.310 e. The lowest BCUT2D eigenvalue weighted by Gasteiger charge is -2.14. The molecule has 0 spiro atoms. The molecule has 3 aromatic rings. The van der Waals surface area contributed by atoms with Gasteiger partial charge in [-0.15, -0.1) is 0 Å². The molecule has 1 saturated carbocycles. The summed E-state index contributed by atoms with van der Waals surface area (Å²) in [4.78, 5) is 28.0. The van der Waals surface area contributed by atoms with E-state index in [1.807, 2.05) is 30.6 Å². The van der Waals surface area contributed by atoms with Crippen molar-refractivity contribution in [1.82, 2.24) is 19.9 Å². The highest BCUT2D eigenvalue weighted by Gasteiger charge is 2.29. The van der Waals surface area contributed by atoms with E-state index in [1.54, 1.807) is 6.20 Å². The fourth-order valence-corrected chi connectivity index (χ4v) is 3.73. The van der Waals surface area contributed by atoms with Gasteiger partial charge in [0.1, 0.15) is 5.82 Å². The first kappa shape index (κ1) is 17.3. The van der Waals surface area contributed by atoms with Crippen molar-refractivity contribution < 1.29 is 4.79 Å². The lowest BCUT2D eigenvalue weighted by Crippen LogP contribution is -2.18. The van der Waals surface area contributed by atoms with Gasteiger partial charge in [0.05, 0.1) is 11.2 Å². The summed E-state index contributed by atoms with van der Waals surface area (Å²) < 4.78 is 0. The Morgan fingerprint density at radius 3 is 2.79 bits per heavy atom. The number of carbonyl (C=O) groups is 1. The van der Waals surface area contributed by atoms with E-state index in [0.29, 0.717) is 5.82 Å². The predicted octanol–water partition coefficient (Wildman–Crippen LogP) is 3.64. The van der Waals surface area contributed by atoms with E-state index < -0.39 is 0 Å². The number of hydrogen-bond acceptors (Lipinski definition) is 5. The maximum absolute atomic E-state index is 12.0. The van der Waals surface area contributed by atoms with Crippen molar-refractivity contribution in [2.45, 2.75) is 32.2 Å². The highest BCUT2D eigenvalue weighted by atomic mass is 16.2. The molecule has 2 aliphatic rings. The second-order valence-electron chi connectivity index (χ2n) is 7.79. The van der Waals surface area contributed by atoms with Gasteiger partial charge >= 0.3 is 0 Å². The molecule has 1 aliphatic carbocycles. The summed E-state index contributed by atoms with van der Waals surface area (Å²) in [5, 5.41) is 3.85. The Morgan fingerprint density at radius 1 is 1.11 bits per heavy atom. The van der Waals surface area contributed by atoms with Gasteiger partial charge in [-0.1, -0.05) is 0 Å². The van der Waals surface area contributed by atoms with Crippen LogP contribution >= 0.6 is 0 Å². The fourth-order valence-electron chi connectivity index (χ4n) is 3.73. The molecule has 5 rings (SSSR count). The van der Waals surface area contributed by atoms with Crippen LogP contribution in [0.4, 0.5) is 5.82 Å². The average molecular weight is 373 g/mol. The summed E-state index contributed by atoms with van der Waals surface area (Å²) in [5.41, 5.74) is 3.94. The number of pyridine rings is 3. The lowest BCUT2D eigenvalue weighted by molar-refractivity contribution is -0.117. The molecule has 2 fully saturated rings. The van der Waals surface area contributed by atoms with Gasteiger partial charge in [-0.3, -0.25) is 14.7 Å². The van der Waals surface area contributed by atoms with Crippen molar-refractivity contribution >= 4 is 22.6 Å². The summed E-state index contributed by atoms with van der Waals surface area (Å²) >= 11 is 0. The van der Waals surface area contributed by atoms with E-state index in [0.717, 1.165) is 41.5 Å². The molecule has 0 aromatic carbocycles. The van der Waals surface area contributed by atoms with Crippen LogP contribution in [0.15, 0.2) is 42.9 Å². The van der Waals surface area contributed by atoms with Crippen molar-refractivity contribution in [2.24, 2.45) is 5.92 Å². The Kier molecular flexibility index (Phi) is 4.49. The van der Waals surface area contributed by atoms with Crippen LogP contribution in [0.2, 0.25) is 0 Å². The number of anilines is 1. The number of rotatable bonds is 5. The van der Waals surface area contributed by atoms with Gasteiger partial charge in [-0.25, -0.2) is 9.97 Å². The van der Waals surface area contributed by atoms with Crippen molar-refractivity contribution in [3.05, 3.63) is 48.4 Å². The van der Waals surface area contributed by atoms with Gasteiger partial charge in [0.2, 0.25) is 5.91 Å². The van der Waals surface area contributed by atoms with Crippen LogP contribution in [0.1, 0.15) is 31.2 Å². The molecule has 1 amide bonds. The molecule has 1 aliphatic heterocycles. The SMILES string of the molecule is O=C(Nc1cc2nc(-c3cncc(CN4CCCC4)c3)ccc2cn1)C1CC1. The molecular formula is C22H23N5O. The van der Waals surface area contributed by atoms with Gasteiger partial charge in [0.15, 0.2) is 0 Å². The van der Waals surface area contributed by atoms with Gasteiger partial charge in [0, 0.05) is 48.1 Å². The molecule has 6 heteroatoms. The quantitative estimate of drug-likeness (QED) is 0.739. The first-order chi connectivity index (χ1) is 13.7. The van der Waals surface area contributed by atoms with Crippen molar-refractivity contribution in [1.29, 1.82) is 0 Å². The van der Waals surface area contributed by atoms with Crippen LogP contribution in [0.3, 0.4) is 0 Å². The Hall–Kier alpha value is -2.86. The molecule has 6 nitrogen and oxygen atoms in total. The minimum atomic E-state index is 0.0572. The van der Waals surface area contributed by atoms with Gasteiger partial charge in [-0.2, -0.15) is 0 Å². The highest BCUT2D eigenvalue weighted by Crippen LogP contribution is 2.30. The predicted molar refractivity (Wildman–Crippen MR) is 109 cm³/mol. The standard InChI is InChI=1S/C22H23N5O/c28-22(16-3-4-16)26-21-10-20-17(13-24-21)5-6-19(25-20)18-9-15(11-23-12-18)14-27-7-1-2-8-27/h5-6,9-13,16H,1-4,7-8,14H2,(H,24,26,28). The summed E-state index contributed by atoms with van der Waals surface area (Å²) in [7, 11) is 0. The second kappa shape index (κ2) is 7.28. The third-order valence-electron chi connectivity index (χ3n) is 5.47. The molecule has 0 radical (unpaired) electrons. The monoisotopic (exact) mass is 373 g/mol. The number of nitrogens with zero attached hydrogens (tertiary/aromatic N) is 4. The first-order valence-electron chi connectivity index (χ1n) is 9.99. The zero-order valence-corrected chi connectivity index (χ0v) is 15.8. The van der Waals surface area contributed by atoms with Gasteiger partial charge in [-0.05, 0) is 62.5 Å². The van der Waals surface area contributed by atoms with Crippen LogP contribution in [0, 0.1) is 5.92 Å². The van der Waals surface area contributed by atoms with Crippen molar-refractivity contribution in [2.75, 3.05) is 18.4 Å². The number of likely N-dealkylation sites (tertiary alicyclic amines) is 1. The van der Waals surface area contributed by atoms with Crippen molar-refractivity contribution in [3.63, 3.8) is 0 Å². The van der Waals surface area contributed by atoms with E-state index in [2.05, 4.69) is 26.3 Å². The normalized spacial score (nSPS) is 17.1. The first-order valence-corrected chi connectivity index (χ1v) is 9.99. The highest BCUT2D eigenvalue weighted by molar-refractivity contribution is 5.94. The number of fused-ring (bicyclic) bond motifs is 1. The maximum atomic E-state index is 12.0. The van der Waals surface area contributed by atoms with Crippen LogP contribution in [-0.4, -0.2) is 38.8 Å². The van der Waals surface area contributed by atoms with Crippen LogP contribution in [0.25, 0.3) is 22.2 Å². The Balaban J connectivity index is 1.41. The Morgan fingerprint density at radius 2 is 1.96 bits per heavy atom. The third-order valence-corrected chi connectivity index (χ3v) is 5.47. The molecule has 1 saturated heterocycles. The molecule has 1 N–H and O–H groups in total. The minimum Gasteiger partial charge on any atom is -0.310 e. The summed E-state index contributed by atoms with van der Waals surface area (Å²) in [6.07, 6.45) is 10.1. The molecule has 142 valence electrons. The zero-order valence-electron chi connectivity index (χ0n) is 15.8. The number of hydrogen-bond donors (Lipinski definition) is 1. The van der Waals surface area contributed by atoms with Crippen LogP contribution < -0.4 is 5.32 Å². The number of aromatic nitrogens is 3. The lowest BCUT2D eigenvalue weighted by atomic mass is 10.1. The number of carbonyl (C=O) groups excluding carboxylic acids is 1. The molecule has 0 atom stereocenters. The molecule has 4 heterocycles.